The van der Waals surface area contributed by atoms with Crippen LogP contribution in [0.2, 0.25) is 10.0 Å². The molecule has 1 aromatic carbocycles. The Morgan fingerprint density at radius 3 is 2.52 bits per heavy atom. The highest BCUT2D eigenvalue weighted by atomic mass is 35.5. The first-order chi connectivity index (χ1) is 14.5. The van der Waals surface area contributed by atoms with Crippen molar-refractivity contribution >= 4 is 35.1 Å². The molecule has 1 aromatic heterocycles. The first kappa shape index (κ1) is 23.5. The molecule has 2 aromatic rings. The van der Waals surface area contributed by atoms with Gasteiger partial charge in [0.15, 0.2) is 0 Å². The highest BCUT2D eigenvalue weighted by Crippen LogP contribution is 2.25. The number of carbonyl (C=O) groups is 2. The van der Waals surface area contributed by atoms with Crippen molar-refractivity contribution in [3.8, 4) is 0 Å². The van der Waals surface area contributed by atoms with E-state index in [9.17, 15) is 9.59 Å². The van der Waals surface area contributed by atoms with E-state index in [-0.39, 0.29) is 11.9 Å². The SMILES string of the molecule is CN(Cc1ccc(Cl)c(Cl)c1)C(=O)c1cc2c(cn1)CN(CCC(=O)OC(C)(C)C)C2. The molecule has 6 nitrogen and oxygen atoms in total. The number of aromatic nitrogens is 1. The van der Waals surface area contributed by atoms with Gasteiger partial charge in [-0.3, -0.25) is 19.5 Å². The number of nitrogens with zero attached hydrogens (tertiary/aromatic N) is 3. The van der Waals surface area contributed by atoms with E-state index in [0.717, 1.165) is 16.7 Å². The Balaban J connectivity index is 1.58. The molecule has 0 atom stereocenters. The predicted molar refractivity (Wildman–Crippen MR) is 121 cm³/mol. The first-order valence-electron chi connectivity index (χ1n) is 10.1. The molecule has 0 radical (unpaired) electrons. The van der Waals surface area contributed by atoms with Crippen LogP contribution in [0.25, 0.3) is 0 Å². The third-order valence-corrected chi connectivity index (χ3v) is 5.63. The Morgan fingerprint density at radius 2 is 1.84 bits per heavy atom. The fourth-order valence-electron chi connectivity index (χ4n) is 3.45. The summed E-state index contributed by atoms with van der Waals surface area (Å²) in [6.07, 6.45) is 2.08. The van der Waals surface area contributed by atoms with Gasteiger partial charge >= 0.3 is 5.97 Å². The first-order valence-corrected chi connectivity index (χ1v) is 10.9. The van der Waals surface area contributed by atoms with Crippen molar-refractivity contribution in [2.45, 2.75) is 52.4 Å². The molecule has 0 unspecified atom stereocenters. The number of hydrogen-bond donors (Lipinski definition) is 0. The minimum absolute atomic E-state index is 0.166. The molecule has 1 amide bonds. The number of hydrogen-bond acceptors (Lipinski definition) is 5. The molecule has 0 spiro atoms. The molecule has 1 aliphatic rings. The minimum atomic E-state index is -0.479. The second-order valence-electron chi connectivity index (χ2n) is 8.80. The largest absolute Gasteiger partial charge is 0.460 e. The minimum Gasteiger partial charge on any atom is -0.460 e. The van der Waals surface area contributed by atoms with Crippen LogP contribution in [0.5, 0.6) is 0 Å². The monoisotopic (exact) mass is 463 g/mol. The third-order valence-electron chi connectivity index (χ3n) is 4.89. The third kappa shape index (κ3) is 6.42. The number of benzene rings is 1. The average molecular weight is 464 g/mol. The van der Waals surface area contributed by atoms with Crippen LogP contribution in [0.3, 0.4) is 0 Å². The quantitative estimate of drug-likeness (QED) is 0.580. The van der Waals surface area contributed by atoms with Gasteiger partial charge in [-0.05, 0) is 55.7 Å². The van der Waals surface area contributed by atoms with Gasteiger partial charge in [0.05, 0.1) is 16.5 Å². The summed E-state index contributed by atoms with van der Waals surface area (Å²) in [5, 5.41) is 0.943. The average Bonchev–Trinajstić information content (AvgIpc) is 3.09. The van der Waals surface area contributed by atoms with Gasteiger partial charge in [-0.25, -0.2) is 0 Å². The van der Waals surface area contributed by atoms with Crippen LogP contribution in [0.15, 0.2) is 30.5 Å². The van der Waals surface area contributed by atoms with E-state index in [2.05, 4.69) is 9.88 Å². The molecule has 0 bridgehead atoms. The number of ether oxygens (including phenoxy) is 1. The summed E-state index contributed by atoms with van der Waals surface area (Å²) in [5.41, 5.74) is 2.95. The van der Waals surface area contributed by atoms with Crippen molar-refractivity contribution < 1.29 is 14.3 Å². The molecule has 166 valence electrons. The standard InChI is InChI=1S/C23H27Cl2N3O3/c1-23(2,3)31-21(29)7-8-28-13-16-10-20(26-11-17(16)14-28)22(30)27(4)12-15-5-6-18(24)19(25)9-15/h5-6,9-11H,7-8,12-14H2,1-4H3. The number of rotatable bonds is 6. The molecule has 8 heteroatoms. The van der Waals surface area contributed by atoms with Crippen LogP contribution in [-0.2, 0) is 29.2 Å². The summed E-state index contributed by atoms with van der Waals surface area (Å²) < 4.78 is 5.37. The second kappa shape index (κ2) is 9.55. The van der Waals surface area contributed by atoms with E-state index >= 15 is 0 Å². The van der Waals surface area contributed by atoms with E-state index in [1.807, 2.05) is 32.9 Å². The van der Waals surface area contributed by atoms with Crippen LogP contribution in [-0.4, -0.2) is 45.9 Å². The second-order valence-corrected chi connectivity index (χ2v) is 9.61. The molecule has 0 saturated carbocycles. The molecular formula is C23H27Cl2N3O3. The van der Waals surface area contributed by atoms with Crippen molar-refractivity contribution in [2.24, 2.45) is 0 Å². The smallest absolute Gasteiger partial charge is 0.307 e. The Hall–Kier alpha value is -2.15. The number of amides is 1. The lowest BCUT2D eigenvalue weighted by Crippen LogP contribution is -2.27. The van der Waals surface area contributed by atoms with Crippen molar-refractivity contribution in [3.05, 3.63) is 62.9 Å². The number of carbonyl (C=O) groups excluding carboxylic acids is 2. The van der Waals surface area contributed by atoms with Crippen LogP contribution in [0.4, 0.5) is 0 Å². The summed E-state index contributed by atoms with van der Waals surface area (Å²) >= 11 is 12.0. The van der Waals surface area contributed by atoms with Gasteiger partial charge in [0.1, 0.15) is 11.3 Å². The number of pyridine rings is 1. The van der Waals surface area contributed by atoms with E-state index in [0.29, 0.717) is 48.3 Å². The summed E-state index contributed by atoms with van der Waals surface area (Å²) in [7, 11) is 1.73. The predicted octanol–water partition coefficient (Wildman–Crippen LogP) is 4.71. The maximum atomic E-state index is 12.9. The molecule has 1 aliphatic heterocycles. The molecule has 0 aliphatic carbocycles. The van der Waals surface area contributed by atoms with E-state index in [1.165, 1.54) is 0 Å². The molecule has 2 heterocycles. The lowest BCUT2D eigenvalue weighted by atomic mass is 10.1. The van der Waals surface area contributed by atoms with Crippen LogP contribution in [0, 0.1) is 0 Å². The van der Waals surface area contributed by atoms with Crippen molar-refractivity contribution in [2.75, 3.05) is 13.6 Å². The van der Waals surface area contributed by atoms with Crippen molar-refractivity contribution in [3.63, 3.8) is 0 Å². The Labute approximate surface area is 193 Å². The summed E-state index contributed by atoms with van der Waals surface area (Å²) in [6, 6.07) is 7.16. The Bertz CT molecular complexity index is 989. The molecule has 0 saturated heterocycles. The maximum Gasteiger partial charge on any atom is 0.307 e. The zero-order valence-corrected chi connectivity index (χ0v) is 19.8. The summed E-state index contributed by atoms with van der Waals surface area (Å²) in [4.78, 5) is 33.0. The van der Waals surface area contributed by atoms with Crippen LogP contribution < -0.4 is 0 Å². The van der Waals surface area contributed by atoms with E-state index in [4.69, 9.17) is 27.9 Å². The normalized spacial score (nSPS) is 13.7. The highest BCUT2D eigenvalue weighted by molar-refractivity contribution is 6.42. The maximum absolute atomic E-state index is 12.9. The molecule has 0 N–H and O–H groups in total. The van der Waals surface area contributed by atoms with Gasteiger partial charge in [0.25, 0.3) is 5.91 Å². The zero-order valence-electron chi connectivity index (χ0n) is 18.2. The van der Waals surface area contributed by atoms with Crippen LogP contribution in [0.1, 0.15) is 54.4 Å². The zero-order chi connectivity index (χ0) is 22.8. The lowest BCUT2D eigenvalue weighted by molar-refractivity contribution is -0.155. The van der Waals surface area contributed by atoms with E-state index < -0.39 is 5.60 Å². The van der Waals surface area contributed by atoms with Gasteiger partial charge in [0, 0.05) is 39.4 Å². The van der Waals surface area contributed by atoms with E-state index in [1.54, 1.807) is 30.3 Å². The molecule has 3 rings (SSSR count). The topological polar surface area (TPSA) is 62.7 Å². The fourth-order valence-corrected chi connectivity index (χ4v) is 3.77. The van der Waals surface area contributed by atoms with Crippen LogP contribution >= 0.6 is 23.2 Å². The van der Waals surface area contributed by atoms with Gasteiger partial charge in [0.2, 0.25) is 0 Å². The van der Waals surface area contributed by atoms with Gasteiger partial charge < -0.3 is 9.64 Å². The molecule has 0 fully saturated rings. The number of halogens is 2. The van der Waals surface area contributed by atoms with Crippen molar-refractivity contribution in [1.82, 2.24) is 14.8 Å². The van der Waals surface area contributed by atoms with Crippen molar-refractivity contribution in [1.29, 1.82) is 0 Å². The summed E-state index contributed by atoms with van der Waals surface area (Å²) in [5.74, 6) is -0.373. The summed E-state index contributed by atoms with van der Waals surface area (Å²) in [6.45, 7) is 7.97. The van der Waals surface area contributed by atoms with Gasteiger partial charge in [-0.15, -0.1) is 0 Å². The lowest BCUT2D eigenvalue weighted by Gasteiger charge is -2.21. The molecular weight excluding hydrogens is 437 g/mol. The van der Waals surface area contributed by atoms with Gasteiger partial charge in [-0.2, -0.15) is 0 Å². The van der Waals surface area contributed by atoms with Gasteiger partial charge in [-0.1, -0.05) is 29.3 Å². The Morgan fingerprint density at radius 1 is 1.13 bits per heavy atom. The highest BCUT2D eigenvalue weighted by Gasteiger charge is 2.24. The number of fused-ring (bicyclic) bond motifs is 1. The number of esters is 1. The molecule has 31 heavy (non-hydrogen) atoms. The fraction of sp³-hybridized carbons (Fsp3) is 0.435. The Kier molecular flexibility index (Phi) is 7.24.